The molecule has 12 nitrogen and oxygen atoms in total. The van der Waals surface area contributed by atoms with Crippen molar-refractivity contribution in [1.82, 2.24) is 15.0 Å². The van der Waals surface area contributed by atoms with E-state index in [0.717, 1.165) is 44.6 Å². The molecule has 0 bridgehead atoms. The van der Waals surface area contributed by atoms with Gasteiger partial charge in [0.25, 0.3) is 10.1 Å². The molecule has 1 aromatic heterocycles. The molecule has 5 rings (SSSR count). The first kappa shape index (κ1) is 35.4. The fourth-order valence-electron chi connectivity index (χ4n) is 5.07. The average Bonchev–Trinajstić information content (AvgIpc) is 3.06. The van der Waals surface area contributed by atoms with E-state index in [0.29, 0.717) is 35.9 Å². The van der Waals surface area contributed by atoms with Crippen LogP contribution in [-0.4, -0.2) is 40.1 Å². The van der Waals surface area contributed by atoms with E-state index >= 15 is 0 Å². The number of aryl methyl sites for hydroxylation is 4. The Balaban J connectivity index is 1.32. The molecule has 0 atom stereocenters. The highest BCUT2D eigenvalue weighted by Gasteiger charge is 2.17. The zero-order chi connectivity index (χ0) is 35.3. The highest BCUT2D eigenvalue weighted by Crippen LogP contribution is 2.31. The molecule has 0 radical (unpaired) electrons. The number of aliphatic hydroxyl groups is 1. The van der Waals surface area contributed by atoms with Crippen LogP contribution in [0.2, 0.25) is 5.28 Å². The number of halogens is 1. The Hall–Kier alpha value is -4.95. The van der Waals surface area contributed by atoms with Gasteiger partial charge in [0.1, 0.15) is 22.3 Å². The van der Waals surface area contributed by atoms with Crippen LogP contribution in [-0.2, 0) is 29.6 Å². The first-order valence-corrected chi connectivity index (χ1v) is 16.9. The van der Waals surface area contributed by atoms with Crippen LogP contribution in [0.5, 0.6) is 5.75 Å². The Bertz CT molecular complexity index is 2190. The maximum absolute atomic E-state index is 11.7. The lowest BCUT2D eigenvalue weighted by atomic mass is 10.0. The summed E-state index contributed by atoms with van der Waals surface area (Å²) < 4.78 is 38.1. The Morgan fingerprint density at radius 3 is 1.69 bits per heavy atom. The van der Waals surface area contributed by atoms with Gasteiger partial charge in [0.15, 0.2) is 0 Å². The van der Waals surface area contributed by atoms with E-state index in [4.69, 9.17) is 21.3 Å². The number of aliphatic hydroxyl groups excluding tert-OH is 1. The number of nitrogens with zero attached hydrogens (tertiary/aromatic N) is 7. The quantitative estimate of drug-likeness (QED) is 0.102. The smallest absolute Gasteiger partial charge is 0.298 e. The molecule has 5 aromatic rings. The van der Waals surface area contributed by atoms with Crippen molar-refractivity contribution in [3.05, 3.63) is 123 Å². The zero-order valence-corrected chi connectivity index (χ0v) is 29.1. The van der Waals surface area contributed by atoms with Gasteiger partial charge in [0.05, 0.1) is 36.5 Å². The van der Waals surface area contributed by atoms with Gasteiger partial charge in [-0.05, 0) is 121 Å². The van der Waals surface area contributed by atoms with E-state index in [-0.39, 0.29) is 23.3 Å². The molecule has 0 aliphatic rings. The monoisotopic (exact) mass is 699 g/mol. The average molecular weight is 700 g/mol. The molecule has 4 aromatic carbocycles. The summed E-state index contributed by atoms with van der Waals surface area (Å²) in [5.74, 6) is 1.07. The molecule has 252 valence electrons. The minimum atomic E-state index is -4.51. The highest BCUT2D eigenvalue weighted by molar-refractivity contribution is 7.86. The van der Waals surface area contributed by atoms with Crippen molar-refractivity contribution in [3.8, 4) is 5.75 Å². The van der Waals surface area contributed by atoms with Crippen LogP contribution in [0.25, 0.3) is 0 Å². The van der Waals surface area contributed by atoms with E-state index in [2.05, 4.69) is 30.4 Å². The summed E-state index contributed by atoms with van der Waals surface area (Å²) in [6.07, 6.45) is 0.857. The first-order chi connectivity index (χ1) is 23.3. The number of benzene rings is 4. The lowest BCUT2D eigenvalue weighted by molar-refractivity contribution is 0.282. The van der Waals surface area contributed by atoms with Crippen LogP contribution < -0.4 is 4.74 Å². The first-order valence-electron chi connectivity index (χ1n) is 15.1. The lowest BCUT2D eigenvalue weighted by Crippen LogP contribution is -2.07. The number of aromatic nitrogens is 3. The third-order valence-electron chi connectivity index (χ3n) is 7.80. The number of methoxy groups -OCH3 is 1. The number of rotatable bonds is 11. The fraction of sp³-hybridized carbons (Fsp3) is 0.229. The van der Waals surface area contributed by atoms with Gasteiger partial charge in [0.2, 0.25) is 5.28 Å². The van der Waals surface area contributed by atoms with Crippen LogP contribution in [0.15, 0.2) is 92.1 Å². The highest BCUT2D eigenvalue weighted by atomic mass is 35.5. The summed E-state index contributed by atoms with van der Waals surface area (Å²) in [5, 5.41) is 26.6. The van der Waals surface area contributed by atoms with Crippen LogP contribution in [0.1, 0.15) is 50.6 Å². The van der Waals surface area contributed by atoms with E-state index in [1.807, 2.05) is 76.2 Å². The molecule has 2 N–H and O–H groups in total. The minimum Gasteiger partial charge on any atom is -0.495 e. The molecule has 0 unspecified atom stereocenters. The topological polar surface area (TPSA) is 172 Å². The van der Waals surface area contributed by atoms with Gasteiger partial charge < -0.3 is 9.84 Å². The lowest BCUT2D eigenvalue weighted by Gasteiger charge is -2.11. The summed E-state index contributed by atoms with van der Waals surface area (Å²) >= 11 is 6.36. The fourth-order valence-corrected chi connectivity index (χ4v) is 5.94. The summed E-state index contributed by atoms with van der Waals surface area (Å²) in [7, 11) is -3.20. The normalized spacial score (nSPS) is 11.9. The molecule has 1 heterocycles. The van der Waals surface area contributed by atoms with Crippen LogP contribution >= 0.6 is 11.6 Å². The van der Waals surface area contributed by atoms with Crippen molar-refractivity contribution in [3.63, 3.8) is 0 Å². The predicted molar refractivity (Wildman–Crippen MR) is 186 cm³/mol. The summed E-state index contributed by atoms with van der Waals surface area (Å²) in [6.45, 7) is 7.78. The van der Waals surface area contributed by atoms with Crippen molar-refractivity contribution in [2.75, 3.05) is 7.11 Å². The number of hydrogen-bond acceptors (Lipinski definition) is 11. The van der Waals surface area contributed by atoms with Gasteiger partial charge in [-0.3, -0.25) is 4.55 Å². The minimum absolute atomic E-state index is 0.00352. The van der Waals surface area contributed by atoms with Gasteiger partial charge in [-0.1, -0.05) is 24.3 Å². The summed E-state index contributed by atoms with van der Waals surface area (Å²) in [4.78, 5) is 13.1. The summed E-state index contributed by atoms with van der Waals surface area (Å²) in [5.41, 5.74) is 8.79. The molecule has 0 spiro atoms. The van der Waals surface area contributed by atoms with Crippen molar-refractivity contribution in [2.24, 2.45) is 20.5 Å². The molecule has 0 fully saturated rings. The summed E-state index contributed by atoms with van der Waals surface area (Å²) in [6, 6.07) is 19.3. The van der Waals surface area contributed by atoms with Gasteiger partial charge in [-0.2, -0.15) is 28.9 Å². The molecule has 14 heteroatoms. The van der Waals surface area contributed by atoms with Gasteiger partial charge in [-0.25, -0.2) is 15.0 Å². The van der Waals surface area contributed by atoms with Crippen molar-refractivity contribution in [2.45, 2.75) is 52.0 Å². The molecule has 0 saturated carbocycles. The van der Waals surface area contributed by atoms with Gasteiger partial charge >= 0.3 is 0 Å². The maximum Gasteiger partial charge on any atom is 0.298 e. The van der Waals surface area contributed by atoms with Gasteiger partial charge in [0, 0.05) is 12.8 Å². The Labute approximate surface area is 289 Å². The Morgan fingerprint density at radius 2 is 1.20 bits per heavy atom. The largest absolute Gasteiger partial charge is 0.495 e. The van der Waals surface area contributed by atoms with Crippen LogP contribution in [0.4, 0.5) is 22.7 Å². The third kappa shape index (κ3) is 8.95. The molecular weight excluding hydrogens is 666 g/mol. The molecular formula is C35H34ClN7O5S. The van der Waals surface area contributed by atoms with Crippen molar-refractivity contribution >= 4 is 44.5 Å². The third-order valence-corrected chi connectivity index (χ3v) is 8.84. The van der Waals surface area contributed by atoms with E-state index in [1.54, 1.807) is 6.07 Å². The SMILES string of the molecule is COc1ccc(N=Nc2cc(C)c(Cc3nc(Cl)nc(Cc4cc(C)c(N=Nc5ccc(CO)cc5)cc4C)n3)cc2C)cc1S(=O)(=O)O. The second kappa shape index (κ2) is 15.1. The molecule has 0 aliphatic heterocycles. The van der Waals surface area contributed by atoms with Crippen LogP contribution in [0.3, 0.4) is 0 Å². The van der Waals surface area contributed by atoms with Crippen molar-refractivity contribution < 1.29 is 22.8 Å². The molecule has 0 aliphatic carbocycles. The molecule has 49 heavy (non-hydrogen) atoms. The zero-order valence-electron chi connectivity index (χ0n) is 27.5. The second-order valence-electron chi connectivity index (χ2n) is 11.5. The Morgan fingerprint density at radius 1 is 0.694 bits per heavy atom. The maximum atomic E-state index is 11.7. The molecule has 0 amide bonds. The van der Waals surface area contributed by atoms with Crippen molar-refractivity contribution in [1.29, 1.82) is 0 Å². The number of azo groups is 2. The predicted octanol–water partition coefficient (Wildman–Crippen LogP) is 8.52. The van der Waals surface area contributed by atoms with E-state index < -0.39 is 15.0 Å². The van der Waals surface area contributed by atoms with Crippen LogP contribution in [0, 0.1) is 27.7 Å². The standard InChI is InChI=1S/C35H34ClN7O5S/c1-20-14-29(42-40-27-8-6-24(19-44)7-9-27)22(3)12-25(20)16-33-37-34(39-35(36)38-33)17-26-13-23(4)30(15-21(26)2)43-41-28-10-11-31(48-5)32(18-28)49(45,46)47/h6-15,18,44H,16-17,19H2,1-5H3,(H,45,46,47). The van der Waals surface area contributed by atoms with Gasteiger partial charge in [-0.15, -0.1) is 0 Å². The second-order valence-corrected chi connectivity index (χ2v) is 13.2. The molecule has 0 saturated heterocycles. The Kier molecular flexibility index (Phi) is 10.9. The van der Waals surface area contributed by atoms with E-state index in [1.165, 1.54) is 19.2 Å². The number of hydrogen-bond donors (Lipinski definition) is 2. The van der Waals surface area contributed by atoms with E-state index in [9.17, 15) is 18.1 Å². The number of ether oxygens (including phenoxy) is 1.